The fraction of sp³-hybridized carbons (Fsp3) is 0.562. The lowest BCUT2D eigenvalue weighted by Crippen LogP contribution is -2.38. The number of rotatable bonds is 5. The van der Waals surface area contributed by atoms with E-state index in [4.69, 9.17) is 9.51 Å². The first-order valence-corrected chi connectivity index (χ1v) is 8.94. The van der Waals surface area contributed by atoms with E-state index in [9.17, 15) is 0 Å². The maximum atomic E-state index is 4.85. The third kappa shape index (κ3) is 4.92. The minimum Gasteiger partial charge on any atom is -0.364 e. The van der Waals surface area contributed by atoms with E-state index in [0.717, 1.165) is 31.2 Å². The van der Waals surface area contributed by atoms with Gasteiger partial charge in [-0.3, -0.25) is 0 Å². The molecule has 8 heteroatoms. The molecule has 132 valence electrons. The smallest absolute Gasteiger partial charge is 0.194 e. The summed E-state index contributed by atoms with van der Waals surface area (Å²) < 4.78 is 4.85. The summed E-state index contributed by atoms with van der Waals surface area (Å²) in [6, 6.07) is 1.84. The minimum absolute atomic E-state index is 0. The third-order valence-electron chi connectivity index (χ3n) is 3.84. The highest BCUT2D eigenvalue weighted by Crippen LogP contribution is 2.27. The van der Waals surface area contributed by atoms with Crippen molar-refractivity contribution in [2.45, 2.75) is 45.7 Å². The molecule has 1 N–H and O–H groups in total. The quantitative estimate of drug-likeness (QED) is 0.421. The number of nitrogens with zero attached hydrogens (tertiary/aromatic N) is 4. The van der Waals surface area contributed by atoms with E-state index in [1.54, 1.807) is 6.26 Å². The normalized spacial score (nSPS) is 14.0. The SMILES string of the molecule is CCNC(=NCc1ccon1)N(C)Cc1nc2c(s1)CCCC2.I. The van der Waals surface area contributed by atoms with Gasteiger partial charge < -0.3 is 14.7 Å². The Kier molecular flexibility index (Phi) is 7.47. The molecule has 24 heavy (non-hydrogen) atoms. The number of nitrogens with one attached hydrogen (secondary N) is 1. The summed E-state index contributed by atoms with van der Waals surface area (Å²) in [5, 5.41) is 8.39. The Labute approximate surface area is 163 Å². The largest absolute Gasteiger partial charge is 0.364 e. The molecule has 0 radical (unpaired) electrons. The van der Waals surface area contributed by atoms with Crippen LogP contribution in [0.25, 0.3) is 0 Å². The van der Waals surface area contributed by atoms with Crippen molar-refractivity contribution >= 4 is 41.3 Å². The van der Waals surface area contributed by atoms with Gasteiger partial charge in [0.05, 0.1) is 18.8 Å². The summed E-state index contributed by atoms with van der Waals surface area (Å²) in [6.45, 7) is 4.19. The van der Waals surface area contributed by atoms with Crippen molar-refractivity contribution in [3.05, 3.63) is 33.6 Å². The number of aromatic nitrogens is 2. The van der Waals surface area contributed by atoms with Crippen LogP contribution in [0.5, 0.6) is 0 Å². The van der Waals surface area contributed by atoms with Gasteiger partial charge in [-0.25, -0.2) is 9.98 Å². The number of halogens is 1. The van der Waals surface area contributed by atoms with Crippen LogP contribution >= 0.6 is 35.3 Å². The van der Waals surface area contributed by atoms with Crippen LogP contribution < -0.4 is 5.32 Å². The molecule has 1 aliphatic carbocycles. The van der Waals surface area contributed by atoms with Crippen LogP contribution in [-0.2, 0) is 25.9 Å². The van der Waals surface area contributed by atoms with Crippen LogP contribution in [0.15, 0.2) is 21.8 Å². The highest BCUT2D eigenvalue weighted by molar-refractivity contribution is 14.0. The summed E-state index contributed by atoms with van der Waals surface area (Å²) in [5.74, 6) is 0.865. The number of aliphatic imine (C=N–C) groups is 1. The predicted molar refractivity (Wildman–Crippen MR) is 107 cm³/mol. The summed E-state index contributed by atoms with van der Waals surface area (Å²) >= 11 is 1.85. The van der Waals surface area contributed by atoms with Crippen LogP contribution in [0, 0.1) is 0 Å². The van der Waals surface area contributed by atoms with E-state index in [-0.39, 0.29) is 24.0 Å². The standard InChI is InChI=1S/C16H23N5OS.HI/c1-3-17-16(18-10-12-8-9-22-20-12)21(2)11-15-19-13-6-4-5-7-14(13)23-15;/h8-9H,3-7,10-11H2,1-2H3,(H,17,18);1H. The zero-order chi connectivity index (χ0) is 16.1. The van der Waals surface area contributed by atoms with Crippen LogP contribution in [0.4, 0.5) is 0 Å². The monoisotopic (exact) mass is 461 g/mol. The Hall–Kier alpha value is -1.16. The number of fused-ring (bicyclic) bond motifs is 1. The van der Waals surface area contributed by atoms with Gasteiger partial charge in [-0.1, -0.05) is 5.16 Å². The summed E-state index contributed by atoms with van der Waals surface area (Å²) in [4.78, 5) is 13.0. The zero-order valence-electron chi connectivity index (χ0n) is 14.1. The topological polar surface area (TPSA) is 66.6 Å². The average molecular weight is 461 g/mol. The molecule has 0 bridgehead atoms. The molecule has 3 rings (SSSR count). The van der Waals surface area contributed by atoms with Crippen molar-refractivity contribution < 1.29 is 4.52 Å². The van der Waals surface area contributed by atoms with E-state index in [1.807, 2.05) is 24.5 Å². The van der Waals surface area contributed by atoms with Crippen LogP contribution in [0.1, 0.15) is 41.0 Å². The molecule has 0 unspecified atom stereocenters. The van der Waals surface area contributed by atoms with E-state index in [1.165, 1.54) is 34.8 Å². The summed E-state index contributed by atoms with van der Waals surface area (Å²) in [6.07, 6.45) is 6.47. The van der Waals surface area contributed by atoms with Crippen molar-refractivity contribution in [3.63, 3.8) is 0 Å². The highest BCUT2D eigenvalue weighted by Gasteiger charge is 2.16. The van der Waals surface area contributed by atoms with Crippen molar-refractivity contribution in [2.75, 3.05) is 13.6 Å². The molecule has 6 nitrogen and oxygen atoms in total. The van der Waals surface area contributed by atoms with Gasteiger partial charge in [0.2, 0.25) is 0 Å². The molecule has 2 aromatic heterocycles. The fourth-order valence-electron chi connectivity index (χ4n) is 2.70. The molecule has 2 heterocycles. The van der Waals surface area contributed by atoms with Crippen LogP contribution in [-0.4, -0.2) is 34.6 Å². The molecule has 0 saturated carbocycles. The number of hydrogen-bond acceptors (Lipinski definition) is 5. The Morgan fingerprint density at radius 2 is 2.25 bits per heavy atom. The second kappa shape index (κ2) is 9.36. The van der Waals surface area contributed by atoms with E-state index >= 15 is 0 Å². The van der Waals surface area contributed by atoms with Crippen molar-refractivity contribution in [1.29, 1.82) is 0 Å². The molecule has 0 amide bonds. The number of guanidine groups is 1. The van der Waals surface area contributed by atoms with Gasteiger partial charge in [0.15, 0.2) is 5.96 Å². The first-order valence-electron chi connectivity index (χ1n) is 8.12. The van der Waals surface area contributed by atoms with Crippen molar-refractivity contribution in [1.82, 2.24) is 20.4 Å². The number of thiazole rings is 1. The molecule has 0 saturated heterocycles. The molecule has 0 atom stereocenters. The van der Waals surface area contributed by atoms with Gasteiger partial charge in [0.1, 0.15) is 17.0 Å². The van der Waals surface area contributed by atoms with E-state index < -0.39 is 0 Å². The molecule has 0 fully saturated rings. The molecule has 2 aromatic rings. The van der Waals surface area contributed by atoms with Crippen molar-refractivity contribution in [3.8, 4) is 0 Å². The second-order valence-corrected chi connectivity index (χ2v) is 6.87. The maximum absolute atomic E-state index is 4.85. The van der Waals surface area contributed by atoms with Gasteiger partial charge >= 0.3 is 0 Å². The van der Waals surface area contributed by atoms with Crippen LogP contribution in [0.3, 0.4) is 0 Å². The lowest BCUT2D eigenvalue weighted by molar-refractivity contribution is 0.411. The minimum atomic E-state index is 0. The van der Waals surface area contributed by atoms with Gasteiger partial charge in [0, 0.05) is 24.5 Å². The number of hydrogen-bond donors (Lipinski definition) is 1. The molecule has 0 aliphatic heterocycles. The van der Waals surface area contributed by atoms with Gasteiger partial charge in [-0.15, -0.1) is 35.3 Å². The average Bonchev–Trinajstić information content (AvgIpc) is 3.19. The predicted octanol–water partition coefficient (Wildman–Crippen LogP) is 3.23. The first kappa shape index (κ1) is 19.2. The Balaban J connectivity index is 0.00000208. The van der Waals surface area contributed by atoms with E-state index in [2.05, 4.69) is 27.3 Å². The summed E-state index contributed by atoms with van der Waals surface area (Å²) in [5.41, 5.74) is 2.15. The van der Waals surface area contributed by atoms with Gasteiger partial charge in [-0.2, -0.15) is 0 Å². The first-order chi connectivity index (χ1) is 11.3. The molecular weight excluding hydrogens is 437 g/mol. The maximum Gasteiger partial charge on any atom is 0.194 e. The highest BCUT2D eigenvalue weighted by atomic mass is 127. The number of aryl methyl sites for hydroxylation is 2. The molecule has 1 aliphatic rings. The van der Waals surface area contributed by atoms with Crippen molar-refractivity contribution in [2.24, 2.45) is 4.99 Å². The molecule has 0 spiro atoms. The Bertz CT molecular complexity index is 632. The van der Waals surface area contributed by atoms with Gasteiger partial charge in [0.25, 0.3) is 0 Å². The van der Waals surface area contributed by atoms with E-state index in [0.29, 0.717) is 6.54 Å². The lowest BCUT2D eigenvalue weighted by atomic mass is 10.0. The second-order valence-electron chi connectivity index (χ2n) is 5.70. The fourth-order valence-corrected chi connectivity index (χ4v) is 3.91. The molecule has 0 aromatic carbocycles. The van der Waals surface area contributed by atoms with Gasteiger partial charge in [-0.05, 0) is 32.6 Å². The zero-order valence-corrected chi connectivity index (χ0v) is 17.3. The molecular formula is C16H24IN5OS. The van der Waals surface area contributed by atoms with Crippen LogP contribution in [0.2, 0.25) is 0 Å². The lowest BCUT2D eigenvalue weighted by Gasteiger charge is -2.20. The summed E-state index contributed by atoms with van der Waals surface area (Å²) in [7, 11) is 2.05. The third-order valence-corrected chi connectivity index (χ3v) is 4.98. The Morgan fingerprint density at radius 3 is 2.96 bits per heavy atom. The Morgan fingerprint density at radius 1 is 1.42 bits per heavy atom.